The Morgan fingerprint density at radius 1 is 1.44 bits per heavy atom. The van der Waals surface area contributed by atoms with Crippen molar-refractivity contribution in [1.29, 1.82) is 0 Å². The van der Waals surface area contributed by atoms with Gasteiger partial charge in [-0.1, -0.05) is 0 Å². The highest BCUT2D eigenvalue weighted by Crippen LogP contribution is 2.26. The second kappa shape index (κ2) is 5.53. The number of benzene rings is 1. The monoisotopic (exact) mass is 252 g/mol. The Morgan fingerprint density at radius 3 is 2.83 bits per heavy atom. The van der Waals surface area contributed by atoms with Crippen molar-refractivity contribution in [1.82, 2.24) is 5.32 Å². The first kappa shape index (κ1) is 13.1. The van der Waals surface area contributed by atoms with E-state index in [9.17, 15) is 5.11 Å². The SMILES string of the molecule is Nc1ccc(NC2CNCC2N)c(C(O)CO)c1. The van der Waals surface area contributed by atoms with Crippen molar-refractivity contribution < 1.29 is 10.2 Å². The molecule has 1 aliphatic heterocycles. The van der Waals surface area contributed by atoms with Crippen molar-refractivity contribution >= 4 is 11.4 Å². The molecule has 0 bridgehead atoms. The summed E-state index contributed by atoms with van der Waals surface area (Å²) in [5.74, 6) is 0. The average molecular weight is 252 g/mol. The molecule has 1 aromatic carbocycles. The molecule has 0 spiro atoms. The number of aliphatic hydroxyl groups is 2. The third-order valence-electron chi connectivity index (χ3n) is 3.21. The van der Waals surface area contributed by atoms with E-state index in [4.69, 9.17) is 16.6 Å². The van der Waals surface area contributed by atoms with Crippen LogP contribution in [0.25, 0.3) is 0 Å². The largest absolute Gasteiger partial charge is 0.399 e. The number of rotatable bonds is 4. The van der Waals surface area contributed by atoms with Gasteiger partial charge in [-0.15, -0.1) is 0 Å². The molecule has 8 N–H and O–H groups in total. The molecular weight excluding hydrogens is 232 g/mol. The molecule has 0 radical (unpaired) electrons. The van der Waals surface area contributed by atoms with Crippen molar-refractivity contribution in [2.24, 2.45) is 5.73 Å². The van der Waals surface area contributed by atoms with Crippen molar-refractivity contribution in [3.05, 3.63) is 23.8 Å². The molecule has 0 aromatic heterocycles. The molecule has 6 heteroatoms. The van der Waals surface area contributed by atoms with Crippen LogP contribution in [0.4, 0.5) is 11.4 Å². The first-order valence-corrected chi connectivity index (χ1v) is 6.03. The topological polar surface area (TPSA) is 117 Å². The lowest BCUT2D eigenvalue weighted by atomic mass is 10.0. The van der Waals surface area contributed by atoms with Crippen LogP contribution in [0.5, 0.6) is 0 Å². The van der Waals surface area contributed by atoms with Crippen LogP contribution in [0.15, 0.2) is 18.2 Å². The van der Waals surface area contributed by atoms with Crippen LogP contribution in [0.2, 0.25) is 0 Å². The maximum Gasteiger partial charge on any atom is 0.104 e. The molecule has 1 fully saturated rings. The Morgan fingerprint density at radius 2 is 2.22 bits per heavy atom. The maximum absolute atomic E-state index is 9.78. The van der Waals surface area contributed by atoms with Crippen molar-refractivity contribution in [2.75, 3.05) is 30.7 Å². The second-order valence-electron chi connectivity index (χ2n) is 4.62. The summed E-state index contributed by atoms with van der Waals surface area (Å²) < 4.78 is 0. The molecule has 0 aliphatic carbocycles. The van der Waals surface area contributed by atoms with E-state index in [1.807, 2.05) is 0 Å². The minimum atomic E-state index is -0.943. The Kier molecular flexibility index (Phi) is 4.03. The minimum absolute atomic E-state index is 0.0293. The molecule has 2 rings (SSSR count). The van der Waals surface area contributed by atoms with Gasteiger partial charge in [0.1, 0.15) is 6.10 Å². The number of hydrogen-bond donors (Lipinski definition) is 6. The summed E-state index contributed by atoms with van der Waals surface area (Å²) in [6, 6.07) is 5.36. The zero-order valence-electron chi connectivity index (χ0n) is 10.1. The van der Waals surface area contributed by atoms with E-state index >= 15 is 0 Å². The molecule has 6 nitrogen and oxygen atoms in total. The van der Waals surface area contributed by atoms with Crippen LogP contribution in [0, 0.1) is 0 Å². The molecule has 1 heterocycles. The predicted molar refractivity (Wildman–Crippen MR) is 71.2 cm³/mol. The van der Waals surface area contributed by atoms with E-state index in [-0.39, 0.29) is 18.7 Å². The number of anilines is 2. The number of nitrogen functional groups attached to an aromatic ring is 1. The molecule has 18 heavy (non-hydrogen) atoms. The first-order chi connectivity index (χ1) is 8.61. The highest BCUT2D eigenvalue weighted by molar-refractivity contribution is 5.59. The van der Waals surface area contributed by atoms with Gasteiger partial charge in [0, 0.05) is 36.1 Å². The van der Waals surface area contributed by atoms with E-state index in [0.29, 0.717) is 11.3 Å². The highest BCUT2D eigenvalue weighted by atomic mass is 16.3. The van der Waals surface area contributed by atoms with Gasteiger partial charge in [-0.3, -0.25) is 0 Å². The molecule has 100 valence electrons. The molecule has 1 aromatic rings. The lowest BCUT2D eigenvalue weighted by Crippen LogP contribution is -2.39. The highest BCUT2D eigenvalue weighted by Gasteiger charge is 2.24. The zero-order chi connectivity index (χ0) is 13.1. The van der Waals surface area contributed by atoms with Gasteiger partial charge in [-0.2, -0.15) is 0 Å². The quantitative estimate of drug-likeness (QED) is 0.383. The molecule has 0 amide bonds. The van der Waals surface area contributed by atoms with Crippen LogP contribution in [0.1, 0.15) is 11.7 Å². The van der Waals surface area contributed by atoms with E-state index in [1.165, 1.54) is 0 Å². The predicted octanol–water partition coefficient (Wildman–Crippen LogP) is -0.994. The number of hydrogen-bond acceptors (Lipinski definition) is 6. The van der Waals surface area contributed by atoms with Crippen LogP contribution < -0.4 is 22.1 Å². The maximum atomic E-state index is 9.78. The molecule has 3 unspecified atom stereocenters. The lowest BCUT2D eigenvalue weighted by molar-refractivity contribution is 0.0961. The standard InChI is InChI=1S/C12H20N4O2/c13-7-1-2-10(8(3-7)12(18)6-17)16-11-5-15-4-9(11)14/h1-3,9,11-12,15-18H,4-6,13-14H2. The summed E-state index contributed by atoms with van der Waals surface area (Å²) in [5.41, 5.74) is 13.6. The summed E-state index contributed by atoms with van der Waals surface area (Å²) in [4.78, 5) is 0. The van der Waals surface area contributed by atoms with Crippen LogP contribution >= 0.6 is 0 Å². The van der Waals surface area contributed by atoms with Crippen molar-refractivity contribution in [2.45, 2.75) is 18.2 Å². The zero-order valence-corrected chi connectivity index (χ0v) is 10.1. The Balaban J connectivity index is 2.20. The molecule has 1 saturated heterocycles. The fourth-order valence-electron chi connectivity index (χ4n) is 2.14. The number of aliphatic hydroxyl groups excluding tert-OH is 2. The van der Waals surface area contributed by atoms with Gasteiger partial charge in [-0.25, -0.2) is 0 Å². The number of nitrogens with two attached hydrogens (primary N) is 2. The normalized spacial score (nSPS) is 25.1. The van der Waals surface area contributed by atoms with Gasteiger partial charge < -0.3 is 32.3 Å². The van der Waals surface area contributed by atoms with Gasteiger partial charge in [0.15, 0.2) is 0 Å². The fraction of sp³-hybridized carbons (Fsp3) is 0.500. The summed E-state index contributed by atoms with van der Waals surface area (Å²) in [7, 11) is 0. The van der Waals surface area contributed by atoms with Crippen LogP contribution in [-0.2, 0) is 0 Å². The second-order valence-corrected chi connectivity index (χ2v) is 4.62. The first-order valence-electron chi connectivity index (χ1n) is 6.03. The van der Waals surface area contributed by atoms with Gasteiger partial charge in [0.25, 0.3) is 0 Å². The van der Waals surface area contributed by atoms with Gasteiger partial charge in [0.05, 0.1) is 12.6 Å². The minimum Gasteiger partial charge on any atom is -0.399 e. The Hall–Kier alpha value is -1.34. The molecule has 1 aliphatic rings. The van der Waals surface area contributed by atoms with Gasteiger partial charge >= 0.3 is 0 Å². The average Bonchev–Trinajstić information content (AvgIpc) is 2.76. The summed E-state index contributed by atoms with van der Waals surface area (Å²) in [6.07, 6.45) is -0.943. The van der Waals surface area contributed by atoms with Gasteiger partial charge in [-0.05, 0) is 18.2 Å². The summed E-state index contributed by atoms with van der Waals surface area (Å²) in [6.45, 7) is 1.21. The summed E-state index contributed by atoms with van der Waals surface area (Å²) in [5, 5.41) is 25.3. The van der Waals surface area contributed by atoms with E-state index in [1.54, 1.807) is 18.2 Å². The number of nitrogens with one attached hydrogen (secondary N) is 2. The van der Waals surface area contributed by atoms with Gasteiger partial charge in [0.2, 0.25) is 0 Å². The smallest absolute Gasteiger partial charge is 0.104 e. The Labute approximate surface area is 106 Å². The fourth-order valence-corrected chi connectivity index (χ4v) is 2.14. The van der Waals surface area contributed by atoms with Crippen LogP contribution in [-0.4, -0.2) is 42.0 Å². The van der Waals surface area contributed by atoms with E-state index in [2.05, 4.69) is 10.6 Å². The summed E-state index contributed by atoms with van der Waals surface area (Å²) >= 11 is 0. The van der Waals surface area contributed by atoms with Crippen molar-refractivity contribution in [3.63, 3.8) is 0 Å². The van der Waals surface area contributed by atoms with Crippen molar-refractivity contribution in [3.8, 4) is 0 Å². The third kappa shape index (κ3) is 2.73. The molecule has 0 saturated carbocycles. The molecular formula is C12H20N4O2. The van der Waals surface area contributed by atoms with E-state index in [0.717, 1.165) is 18.8 Å². The third-order valence-corrected chi connectivity index (χ3v) is 3.21. The Bertz CT molecular complexity index is 413. The lowest BCUT2D eigenvalue weighted by Gasteiger charge is -2.22. The van der Waals surface area contributed by atoms with E-state index < -0.39 is 6.10 Å². The van der Waals surface area contributed by atoms with Crippen LogP contribution in [0.3, 0.4) is 0 Å². The molecule has 3 atom stereocenters.